The van der Waals surface area contributed by atoms with Crippen LogP contribution >= 0.6 is 0 Å². The molecule has 1 aliphatic heterocycles. The Bertz CT molecular complexity index is 498. The molecule has 2 amide bonds. The van der Waals surface area contributed by atoms with Crippen molar-refractivity contribution in [2.24, 2.45) is 5.92 Å². The molecule has 2 heterocycles. The first kappa shape index (κ1) is 18.7. The molecule has 2 N–H and O–H groups in total. The molecule has 6 nitrogen and oxygen atoms in total. The molecule has 134 valence electrons. The van der Waals surface area contributed by atoms with E-state index < -0.39 is 0 Å². The number of aryl methyl sites for hydroxylation is 1. The number of aliphatic hydroxyl groups excluding tert-OH is 1. The number of nitrogens with zero attached hydrogens (tertiary/aromatic N) is 3. The van der Waals surface area contributed by atoms with Crippen molar-refractivity contribution in [3.05, 3.63) is 29.6 Å². The first-order chi connectivity index (χ1) is 11.6. The minimum Gasteiger partial charge on any atom is -0.396 e. The van der Waals surface area contributed by atoms with E-state index in [4.69, 9.17) is 5.11 Å². The molecule has 1 aromatic rings. The van der Waals surface area contributed by atoms with Gasteiger partial charge < -0.3 is 20.2 Å². The number of aromatic nitrogens is 1. The van der Waals surface area contributed by atoms with Gasteiger partial charge in [0.1, 0.15) is 0 Å². The maximum absolute atomic E-state index is 12.1. The lowest BCUT2D eigenvalue weighted by atomic mass is 9.98. The Morgan fingerprint density at radius 3 is 2.75 bits per heavy atom. The zero-order valence-electron chi connectivity index (χ0n) is 14.9. The Balaban J connectivity index is 1.66. The van der Waals surface area contributed by atoms with Gasteiger partial charge in [0.25, 0.3) is 0 Å². The van der Waals surface area contributed by atoms with Crippen molar-refractivity contribution in [3.63, 3.8) is 0 Å². The number of hydrogen-bond acceptors (Lipinski definition) is 4. The molecule has 1 saturated heterocycles. The van der Waals surface area contributed by atoms with Crippen molar-refractivity contribution in [1.29, 1.82) is 0 Å². The molecule has 1 aliphatic rings. The van der Waals surface area contributed by atoms with E-state index in [9.17, 15) is 4.79 Å². The van der Waals surface area contributed by atoms with E-state index in [0.29, 0.717) is 25.6 Å². The number of likely N-dealkylation sites (tertiary alicyclic amines) is 1. The van der Waals surface area contributed by atoms with E-state index in [2.05, 4.69) is 28.2 Å². The highest BCUT2D eigenvalue weighted by Gasteiger charge is 2.18. The van der Waals surface area contributed by atoms with Gasteiger partial charge in [0, 0.05) is 32.9 Å². The highest BCUT2D eigenvalue weighted by atomic mass is 16.3. The SMILES string of the molecule is CCc1ccc(CN(C)C(=O)NCCN2CCC(CO)CC2)nc1. The van der Waals surface area contributed by atoms with E-state index in [1.807, 2.05) is 12.3 Å². The maximum atomic E-state index is 12.1. The largest absolute Gasteiger partial charge is 0.396 e. The molecule has 0 aliphatic carbocycles. The summed E-state index contributed by atoms with van der Waals surface area (Å²) in [7, 11) is 1.79. The van der Waals surface area contributed by atoms with Crippen LogP contribution in [0.4, 0.5) is 4.79 Å². The molecule has 2 rings (SSSR count). The number of carbonyl (C=O) groups excluding carboxylic acids is 1. The van der Waals surface area contributed by atoms with Crippen molar-refractivity contribution >= 4 is 6.03 Å². The average molecular weight is 334 g/mol. The number of nitrogens with one attached hydrogen (secondary N) is 1. The van der Waals surface area contributed by atoms with Gasteiger partial charge >= 0.3 is 6.03 Å². The van der Waals surface area contributed by atoms with Gasteiger partial charge in [0.05, 0.1) is 12.2 Å². The maximum Gasteiger partial charge on any atom is 0.317 e. The Hall–Kier alpha value is -1.66. The van der Waals surface area contributed by atoms with Gasteiger partial charge in [0.2, 0.25) is 0 Å². The summed E-state index contributed by atoms with van der Waals surface area (Å²) in [6.45, 7) is 6.43. The molecule has 6 heteroatoms. The Morgan fingerprint density at radius 2 is 2.17 bits per heavy atom. The molecule has 0 unspecified atom stereocenters. The van der Waals surface area contributed by atoms with Crippen molar-refractivity contribution in [2.45, 2.75) is 32.7 Å². The van der Waals surface area contributed by atoms with Crippen molar-refractivity contribution < 1.29 is 9.90 Å². The summed E-state index contributed by atoms with van der Waals surface area (Å²) in [5.41, 5.74) is 2.10. The number of carbonyl (C=O) groups is 1. The average Bonchev–Trinajstić information content (AvgIpc) is 2.62. The molecule has 0 radical (unpaired) electrons. The predicted molar refractivity (Wildman–Crippen MR) is 94.7 cm³/mol. The van der Waals surface area contributed by atoms with Gasteiger partial charge in [-0.15, -0.1) is 0 Å². The predicted octanol–water partition coefficient (Wildman–Crippen LogP) is 1.49. The molecule has 24 heavy (non-hydrogen) atoms. The Kier molecular flexibility index (Phi) is 7.46. The van der Waals surface area contributed by atoms with Gasteiger partial charge in [0.15, 0.2) is 0 Å². The molecule has 0 atom stereocenters. The molecule has 0 saturated carbocycles. The second-order valence-corrected chi connectivity index (χ2v) is 6.57. The lowest BCUT2D eigenvalue weighted by Gasteiger charge is -2.31. The van der Waals surface area contributed by atoms with Crippen LogP contribution in [0, 0.1) is 5.92 Å². The number of aliphatic hydroxyl groups is 1. The zero-order chi connectivity index (χ0) is 17.4. The number of rotatable bonds is 7. The van der Waals surface area contributed by atoms with Crippen LogP contribution in [0.15, 0.2) is 18.3 Å². The standard InChI is InChI=1S/C18H30N4O2/c1-3-15-4-5-17(20-12-15)13-21(2)18(24)19-8-11-22-9-6-16(14-23)7-10-22/h4-5,12,16,23H,3,6-11,13-14H2,1-2H3,(H,19,24). The fourth-order valence-corrected chi connectivity index (χ4v) is 2.92. The summed E-state index contributed by atoms with van der Waals surface area (Å²) in [5, 5.41) is 12.1. The van der Waals surface area contributed by atoms with Crippen LogP contribution in [0.5, 0.6) is 0 Å². The number of urea groups is 1. The quantitative estimate of drug-likeness (QED) is 0.793. The molecule has 1 aromatic heterocycles. The van der Waals surface area contributed by atoms with Crippen LogP contribution in [-0.4, -0.2) is 65.8 Å². The Labute approximate surface area is 144 Å². The summed E-state index contributed by atoms with van der Waals surface area (Å²) >= 11 is 0. The van der Waals surface area contributed by atoms with Crippen LogP contribution in [0.3, 0.4) is 0 Å². The third-order valence-corrected chi connectivity index (χ3v) is 4.71. The lowest BCUT2D eigenvalue weighted by Crippen LogP contribution is -2.43. The summed E-state index contributed by atoms with van der Waals surface area (Å²) in [5.74, 6) is 0.452. The Morgan fingerprint density at radius 1 is 1.42 bits per heavy atom. The summed E-state index contributed by atoms with van der Waals surface area (Å²) in [6, 6.07) is 3.97. The molecule has 0 spiro atoms. The van der Waals surface area contributed by atoms with Gasteiger partial charge in [-0.1, -0.05) is 13.0 Å². The molecular weight excluding hydrogens is 304 g/mol. The monoisotopic (exact) mass is 334 g/mol. The van der Waals surface area contributed by atoms with Crippen LogP contribution in [0.25, 0.3) is 0 Å². The van der Waals surface area contributed by atoms with Crippen LogP contribution < -0.4 is 5.32 Å². The fraction of sp³-hybridized carbons (Fsp3) is 0.667. The van der Waals surface area contributed by atoms with E-state index in [1.54, 1.807) is 11.9 Å². The second-order valence-electron chi connectivity index (χ2n) is 6.57. The number of hydrogen-bond donors (Lipinski definition) is 2. The minimum absolute atomic E-state index is 0.0680. The second kappa shape index (κ2) is 9.59. The third-order valence-electron chi connectivity index (χ3n) is 4.71. The van der Waals surface area contributed by atoms with E-state index in [0.717, 1.165) is 44.6 Å². The van der Waals surface area contributed by atoms with Crippen molar-refractivity contribution in [1.82, 2.24) is 20.1 Å². The van der Waals surface area contributed by atoms with Crippen LogP contribution in [0.1, 0.15) is 31.0 Å². The summed E-state index contributed by atoms with van der Waals surface area (Å²) in [4.78, 5) is 20.5. The summed E-state index contributed by atoms with van der Waals surface area (Å²) < 4.78 is 0. The topological polar surface area (TPSA) is 68.7 Å². The molecule has 0 aromatic carbocycles. The van der Waals surface area contributed by atoms with Gasteiger partial charge in [-0.3, -0.25) is 4.98 Å². The lowest BCUT2D eigenvalue weighted by molar-refractivity contribution is 0.132. The smallest absolute Gasteiger partial charge is 0.317 e. The first-order valence-corrected chi connectivity index (χ1v) is 8.88. The van der Waals surface area contributed by atoms with Gasteiger partial charge in [-0.05, 0) is 49.9 Å². The third kappa shape index (κ3) is 5.76. The number of pyridine rings is 1. The van der Waals surface area contributed by atoms with E-state index in [1.165, 1.54) is 5.56 Å². The first-order valence-electron chi connectivity index (χ1n) is 8.88. The summed E-state index contributed by atoms with van der Waals surface area (Å²) in [6.07, 6.45) is 4.93. The van der Waals surface area contributed by atoms with Crippen LogP contribution in [-0.2, 0) is 13.0 Å². The number of amides is 2. The highest BCUT2D eigenvalue weighted by molar-refractivity contribution is 5.73. The molecule has 0 bridgehead atoms. The normalized spacial score (nSPS) is 16.1. The van der Waals surface area contributed by atoms with E-state index >= 15 is 0 Å². The molecule has 1 fully saturated rings. The van der Waals surface area contributed by atoms with Crippen molar-refractivity contribution in [2.75, 3.05) is 39.8 Å². The highest BCUT2D eigenvalue weighted by Crippen LogP contribution is 2.15. The fourth-order valence-electron chi connectivity index (χ4n) is 2.92. The van der Waals surface area contributed by atoms with Gasteiger partial charge in [-0.25, -0.2) is 4.79 Å². The van der Waals surface area contributed by atoms with Gasteiger partial charge in [-0.2, -0.15) is 0 Å². The number of piperidine rings is 1. The molecular formula is C18H30N4O2. The van der Waals surface area contributed by atoms with Crippen molar-refractivity contribution in [3.8, 4) is 0 Å². The van der Waals surface area contributed by atoms with E-state index in [-0.39, 0.29) is 6.03 Å². The zero-order valence-corrected chi connectivity index (χ0v) is 14.9. The van der Waals surface area contributed by atoms with Crippen LogP contribution in [0.2, 0.25) is 0 Å². The minimum atomic E-state index is -0.0680.